The molecule has 0 heterocycles. The van der Waals surface area contributed by atoms with Crippen LogP contribution in [0.1, 0.15) is 21.5 Å². The van der Waals surface area contributed by atoms with Crippen molar-refractivity contribution >= 4 is 5.78 Å². The second kappa shape index (κ2) is 6.14. The first-order valence-electron chi connectivity index (χ1n) is 5.58. The van der Waals surface area contributed by atoms with Gasteiger partial charge in [-0.05, 0) is 19.4 Å². The van der Waals surface area contributed by atoms with Crippen molar-refractivity contribution in [3.63, 3.8) is 0 Å². The van der Waals surface area contributed by atoms with Crippen molar-refractivity contribution in [3.8, 4) is 0 Å². The SMILES string of the molecule is Cc1ccc(C(=O)COCC(F)(F)C(F)F)c(C)c1. The van der Waals surface area contributed by atoms with E-state index in [0.717, 1.165) is 5.56 Å². The van der Waals surface area contributed by atoms with Crippen molar-refractivity contribution in [3.05, 3.63) is 34.9 Å². The van der Waals surface area contributed by atoms with Crippen molar-refractivity contribution < 1.29 is 27.1 Å². The van der Waals surface area contributed by atoms with Crippen LogP contribution in [0.25, 0.3) is 0 Å². The van der Waals surface area contributed by atoms with E-state index in [1.54, 1.807) is 25.1 Å². The summed E-state index contributed by atoms with van der Waals surface area (Å²) in [5.74, 6) is -4.75. The summed E-state index contributed by atoms with van der Waals surface area (Å²) in [5, 5.41) is 0. The highest BCUT2D eigenvalue weighted by molar-refractivity contribution is 5.98. The van der Waals surface area contributed by atoms with Gasteiger partial charge in [0.05, 0.1) is 0 Å². The summed E-state index contributed by atoms with van der Waals surface area (Å²) in [6, 6.07) is 5.02. The Hall–Kier alpha value is -1.43. The number of Topliss-reactive ketones (excluding diaryl/α,β-unsaturated/α-hetero) is 1. The lowest BCUT2D eigenvalue weighted by molar-refractivity contribution is -0.163. The van der Waals surface area contributed by atoms with Crippen LogP contribution in [0.4, 0.5) is 17.6 Å². The largest absolute Gasteiger partial charge is 0.367 e. The lowest BCUT2D eigenvalue weighted by atomic mass is 10.0. The quantitative estimate of drug-likeness (QED) is 0.589. The van der Waals surface area contributed by atoms with Gasteiger partial charge >= 0.3 is 12.3 Å². The maximum Gasteiger partial charge on any atom is 0.330 e. The summed E-state index contributed by atoms with van der Waals surface area (Å²) in [6.07, 6.45) is -3.80. The van der Waals surface area contributed by atoms with E-state index < -0.39 is 31.3 Å². The average molecular weight is 278 g/mol. The highest BCUT2D eigenvalue weighted by Gasteiger charge is 2.41. The standard InChI is InChI=1S/C13H14F4O2/c1-8-3-4-10(9(2)5-8)11(18)6-19-7-13(16,17)12(14)15/h3-5,12H,6-7H2,1-2H3. The number of hydrogen-bond donors (Lipinski definition) is 0. The van der Waals surface area contributed by atoms with E-state index in [2.05, 4.69) is 4.74 Å². The first-order chi connectivity index (χ1) is 8.74. The van der Waals surface area contributed by atoms with Crippen LogP contribution in [-0.4, -0.2) is 31.3 Å². The van der Waals surface area contributed by atoms with E-state index >= 15 is 0 Å². The number of halogens is 4. The van der Waals surface area contributed by atoms with Gasteiger partial charge in [-0.3, -0.25) is 4.79 Å². The molecule has 0 aliphatic rings. The second-order valence-electron chi connectivity index (χ2n) is 4.30. The third kappa shape index (κ3) is 4.31. The van der Waals surface area contributed by atoms with E-state index in [9.17, 15) is 22.4 Å². The molecule has 0 aliphatic carbocycles. The maximum atomic E-state index is 12.5. The normalized spacial score (nSPS) is 11.9. The molecule has 0 fully saturated rings. The predicted molar refractivity (Wildman–Crippen MR) is 62.0 cm³/mol. The van der Waals surface area contributed by atoms with Crippen LogP contribution < -0.4 is 0 Å². The van der Waals surface area contributed by atoms with Gasteiger partial charge in [0, 0.05) is 5.56 Å². The number of carbonyl (C=O) groups is 1. The molecule has 0 bridgehead atoms. The number of hydrogen-bond acceptors (Lipinski definition) is 2. The minimum Gasteiger partial charge on any atom is -0.367 e. The average Bonchev–Trinajstić information content (AvgIpc) is 2.28. The molecule has 0 atom stereocenters. The molecule has 0 aromatic heterocycles. The number of carbonyl (C=O) groups excluding carboxylic acids is 1. The molecule has 0 saturated heterocycles. The number of alkyl halides is 4. The Morgan fingerprint density at radius 1 is 1.32 bits per heavy atom. The molecule has 0 amide bonds. The van der Waals surface area contributed by atoms with Crippen LogP contribution in [0.3, 0.4) is 0 Å². The summed E-state index contributed by atoms with van der Waals surface area (Å²) in [5.41, 5.74) is 1.99. The minimum absolute atomic E-state index is 0.339. The van der Waals surface area contributed by atoms with E-state index in [-0.39, 0.29) is 0 Å². The smallest absolute Gasteiger partial charge is 0.330 e. The van der Waals surface area contributed by atoms with Gasteiger partial charge in [0.2, 0.25) is 0 Å². The fourth-order valence-electron chi connectivity index (χ4n) is 1.55. The van der Waals surface area contributed by atoms with Gasteiger partial charge in [0.1, 0.15) is 13.2 Å². The summed E-state index contributed by atoms with van der Waals surface area (Å²) >= 11 is 0. The molecule has 0 radical (unpaired) electrons. The Balaban J connectivity index is 2.57. The van der Waals surface area contributed by atoms with Gasteiger partial charge in [0.25, 0.3) is 0 Å². The van der Waals surface area contributed by atoms with E-state index in [4.69, 9.17) is 0 Å². The van der Waals surface area contributed by atoms with E-state index in [1.807, 2.05) is 6.92 Å². The Kier molecular flexibility index (Phi) is 5.05. The topological polar surface area (TPSA) is 26.3 Å². The Bertz CT molecular complexity index is 458. The molecule has 1 aromatic carbocycles. The van der Waals surface area contributed by atoms with Gasteiger partial charge in [-0.25, -0.2) is 8.78 Å². The van der Waals surface area contributed by atoms with Crippen LogP contribution in [0.2, 0.25) is 0 Å². The minimum atomic E-state index is -4.23. The van der Waals surface area contributed by atoms with Crippen LogP contribution in [0, 0.1) is 13.8 Å². The van der Waals surface area contributed by atoms with Gasteiger partial charge in [0.15, 0.2) is 5.78 Å². The van der Waals surface area contributed by atoms with Crippen LogP contribution >= 0.6 is 0 Å². The van der Waals surface area contributed by atoms with Gasteiger partial charge in [-0.15, -0.1) is 0 Å². The molecule has 0 aliphatic heterocycles. The second-order valence-corrected chi connectivity index (χ2v) is 4.30. The molecule has 1 aromatic rings. The Labute approximate surface area is 108 Å². The van der Waals surface area contributed by atoms with Crippen molar-refractivity contribution in [2.45, 2.75) is 26.2 Å². The first-order valence-corrected chi connectivity index (χ1v) is 5.58. The number of ether oxygens (including phenoxy) is 1. The molecular weight excluding hydrogens is 264 g/mol. The number of aryl methyl sites for hydroxylation is 2. The van der Waals surface area contributed by atoms with Crippen LogP contribution in [0.5, 0.6) is 0 Å². The molecule has 0 saturated carbocycles. The van der Waals surface area contributed by atoms with Crippen molar-refractivity contribution in [1.29, 1.82) is 0 Å². The molecule has 19 heavy (non-hydrogen) atoms. The fourth-order valence-corrected chi connectivity index (χ4v) is 1.55. The zero-order chi connectivity index (χ0) is 14.6. The van der Waals surface area contributed by atoms with Gasteiger partial charge in [-0.1, -0.05) is 23.8 Å². The lowest BCUT2D eigenvalue weighted by Gasteiger charge is -2.15. The molecule has 2 nitrogen and oxygen atoms in total. The number of rotatable bonds is 6. The predicted octanol–water partition coefficient (Wildman–Crippen LogP) is 3.40. The molecule has 0 N–H and O–H groups in total. The lowest BCUT2D eigenvalue weighted by Crippen LogP contribution is -2.33. The van der Waals surface area contributed by atoms with Crippen LogP contribution in [-0.2, 0) is 4.74 Å². The Morgan fingerprint density at radius 3 is 2.47 bits per heavy atom. The number of benzene rings is 1. The third-order valence-electron chi connectivity index (χ3n) is 2.53. The fraction of sp³-hybridized carbons (Fsp3) is 0.462. The first kappa shape index (κ1) is 15.6. The molecule has 0 unspecified atom stereocenters. The zero-order valence-electron chi connectivity index (χ0n) is 10.6. The Morgan fingerprint density at radius 2 is 1.95 bits per heavy atom. The highest BCUT2D eigenvalue weighted by atomic mass is 19.3. The molecule has 6 heteroatoms. The maximum absolute atomic E-state index is 12.5. The summed E-state index contributed by atoms with van der Waals surface area (Å²) < 4.78 is 53.2. The summed E-state index contributed by atoms with van der Waals surface area (Å²) in [4.78, 5) is 11.7. The van der Waals surface area contributed by atoms with E-state index in [0.29, 0.717) is 11.1 Å². The van der Waals surface area contributed by atoms with Crippen molar-refractivity contribution in [2.75, 3.05) is 13.2 Å². The van der Waals surface area contributed by atoms with Gasteiger partial charge in [-0.2, -0.15) is 8.78 Å². The summed E-state index contributed by atoms with van der Waals surface area (Å²) in [7, 11) is 0. The molecule has 0 spiro atoms. The molecular formula is C13H14F4O2. The number of ketones is 1. The third-order valence-corrected chi connectivity index (χ3v) is 2.53. The zero-order valence-corrected chi connectivity index (χ0v) is 10.6. The van der Waals surface area contributed by atoms with E-state index in [1.165, 1.54) is 0 Å². The van der Waals surface area contributed by atoms with Crippen molar-refractivity contribution in [2.24, 2.45) is 0 Å². The monoisotopic (exact) mass is 278 g/mol. The summed E-state index contributed by atoms with van der Waals surface area (Å²) in [6.45, 7) is 1.43. The van der Waals surface area contributed by atoms with Crippen molar-refractivity contribution in [1.82, 2.24) is 0 Å². The molecule has 1 rings (SSSR count). The van der Waals surface area contributed by atoms with Gasteiger partial charge < -0.3 is 4.74 Å². The van der Waals surface area contributed by atoms with Crippen LogP contribution in [0.15, 0.2) is 18.2 Å². The highest BCUT2D eigenvalue weighted by Crippen LogP contribution is 2.23. The molecule has 106 valence electrons.